The van der Waals surface area contributed by atoms with Crippen LogP contribution in [-0.2, 0) is 0 Å². The van der Waals surface area contributed by atoms with E-state index in [1.54, 1.807) is 4.52 Å². The third kappa shape index (κ3) is 2.52. The van der Waals surface area contributed by atoms with Crippen LogP contribution in [0.2, 0.25) is 5.02 Å². The molecule has 2 heterocycles. The van der Waals surface area contributed by atoms with Gasteiger partial charge >= 0.3 is 0 Å². The van der Waals surface area contributed by atoms with Crippen LogP contribution in [0.5, 0.6) is 0 Å². The van der Waals surface area contributed by atoms with Gasteiger partial charge in [0.1, 0.15) is 5.01 Å². The van der Waals surface area contributed by atoms with Crippen LogP contribution < -0.4 is 0 Å². The minimum absolute atomic E-state index is 0.670. The number of nitrogens with zero attached hydrogens (tertiary/aromatic N) is 4. The fraction of sp³-hybridized carbons (Fsp3) is 0.118. The Labute approximate surface area is 142 Å². The highest BCUT2D eigenvalue weighted by Crippen LogP contribution is 2.29. The van der Waals surface area contributed by atoms with Crippen LogP contribution in [0.1, 0.15) is 11.1 Å². The SMILES string of the molecule is Cc1ccc(-c2nn3c(-c4cccc(Cl)c4)nnc3s2)cc1C. The second kappa shape index (κ2) is 5.44. The first-order chi connectivity index (χ1) is 11.1. The summed E-state index contributed by atoms with van der Waals surface area (Å²) in [5.41, 5.74) is 4.53. The van der Waals surface area contributed by atoms with E-state index in [-0.39, 0.29) is 0 Å². The molecule has 4 aromatic rings. The van der Waals surface area contributed by atoms with Crippen LogP contribution in [0.4, 0.5) is 0 Å². The predicted octanol–water partition coefficient (Wildman–Crippen LogP) is 4.79. The lowest BCUT2D eigenvalue weighted by Gasteiger charge is -2.01. The number of halogens is 1. The maximum atomic E-state index is 6.07. The van der Waals surface area contributed by atoms with E-state index < -0.39 is 0 Å². The van der Waals surface area contributed by atoms with Gasteiger partial charge in [0.05, 0.1) is 0 Å². The topological polar surface area (TPSA) is 43.1 Å². The lowest BCUT2D eigenvalue weighted by Crippen LogP contribution is -1.91. The molecule has 6 heteroatoms. The molecule has 0 spiro atoms. The number of hydrogen-bond donors (Lipinski definition) is 0. The molecule has 0 unspecified atom stereocenters. The van der Waals surface area contributed by atoms with Gasteiger partial charge in [0.15, 0.2) is 5.82 Å². The Morgan fingerprint density at radius 1 is 0.957 bits per heavy atom. The van der Waals surface area contributed by atoms with Crippen molar-refractivity contribution in [1.82, 2.24) is 19.8 Å². The van der Waals surface area contributed by atoms with Gasteiger partial charge in [-0.25, -0.2) is 0 Å². The quantitative estimate of drug-likeness (QED) is 0.527. The smallest absolute Gasteiger partial charge is 0.182 e. The van der Waals surface area contributed by atoms with Gasteiger partial charge in [-0.05, 0) is 43.2 Å². The monoisotopic (exact) mass is 340 g/mol. The van der Waals surface area contributed by atoms with Crippen molar-refractivity contribution in [1.29, 1.82) is 0 Å². The van der Waals surface area contributed by atoms with E-state index in [2.05, 4.69) is 47.3 Å². The van der Waals surface area contributed by atoms with Crippen molar-refractivity contribution < 1.29 is 0 Å². The van der Waals surface area contributed by atoms with E-state index in [4.69, 9.17) is 11.6 Å². The van der Waals surface area contributed by atoms with E-state index in [1.165, 1.54) is 22.5 Å². The molecule has 0 bridgehead atoms. The van der Waals surface area contributed by atoms with E-state index in [9.17, 15) is 0 Å². The van der Waals surface area contributed by atoms with Gasteiger partial charge in [-0.1, -0.05) is 47.2 Å². The Morgan fingerprint density at radius 2 is 1.83 bits per heavy atom. The molecule has 0 saturated heterocycles. The lowest BCUT2D eigenvalue weighted by molar-refractivity contribution is 0.970. The average molecular weight is 341 g/mol. The molecule has 114 valence electrons. The Morgan fingerprint density at radius 3 is 2.61 bits per heavy atom. The van der Waals surface area contributed by atoms with Crippen molar-refractivity contribution in [3.63, 3.8) is 0 Å². The number of rotatable bonds is 2. The third-order valence-corrected chi connectivity index (χ3v) is 5.01. The maximum Gasteiger partial charge on any atom is 0.235 e. The Bertz CT molecular complexity index is 1020. The summed E-state index contributed by atoms with van der Waals surface area (Å²) in [5.74, 6) is 0.703. The highest BCUT2D eigenvalue weighted by Gasteiger charge is 2.14. The summed E-state index contributed by atoms with van der Waals surface area (Å²) in [6.45, 7) is 4.21. The molecular formula is C17H13ClN4S. The fourth-order valence-corrected chi connectivity index (χ4v) is 3.44. The molecule has 0 radical (unpaired) electrons. The van der Waals surface area contributed by atoms with Crippen LogP contribution in [0.25, 0.3) is 26.9 Å². The summed E-state index contributed by atoms with van der Waals surface area (Å²) in [6, 6.07) is 13.9. The number of benzene rings is 2. The summed E-state index contributed by atoms with van der Waals surface area (Å²) in [5, 5.41) is 14.8. The van der Waals surface area contributed by atoms with E-state index in [1.807, 2.05) is 24.3 Å². The molecule has 0 saturated carbocycles. The minimum atomic E-state index is 0.670. The highest BCUT2D eigenvalue weighted by atomic mass is 35.5. The molecule has 0 aliphatic heterocycles. The fourth-order valence-electron chi connectivity index (χ4n) is 2.42. The van der Waals surface area contributed by atoms with Crippen LogP contribution in [0.15, 0.2) is 42.5 Å². The lowest BCUT2D eigenvalue weighted by atomic mass is 10.1. The van der Waals surface area contributed by atoms with E-state index in [0.717, 1.165) is 21.1 Å². The third-order valence-electron chi connectivity index (χ3n) is 3.83. The van der Waals surface area contributed by atoms with Crippen molar-refractivity contribution >= 4 is 27.9 Å². The summed E-state index contributed by atoms with van der Waals surface area (Å²) < 4.78 is 1.78. The summed E-state index contributed by atoms with van der Waals surface area (Å²) >= 11 is 7.60. The zero-order chi connectivity index (χ0) is 16.0. The van der Waals surface area contributed by atoms with Gasteiger partial charge in [-0.15, -0.1) is 10.2 Å². The molecule has 0 fully saturated rings. The Kier molecular flexibility index (Phi) is 3.39. The molecule has 0 amide bonds. The number of aryl methyl sites for hydroxylation is 2. The highest BCUT2D eigenvalue weighted by molar-refractivity contribution is 7.19. The largest absolute Gasteiger partial charge is 0.235 e. The van der Waals surface area contributed by atoms with Crippen LogP contribution in [0, 0.1) is 13.8 Å². The number of hydrogen-bond acceptors (Lipinski definition) is 4. The molecule has 0 atom stereocenters. The zero-order valence-electron chi connectivity index (χ0n) is 12.6. The molecule has 0 aliphatic rings. The van der Waals surface area contributed by atoms with E-state index >= 15 is 0 Å². The molecule has 0 N–H and O–H groups in total. The second-order valence-corrected chi connectivity index (χ2v) is 6.83. The molecule has 4 rings (SSSR count). The molecule has 2 aromatic carbocycles. The Balaban J connectivity index is 1.84. The molecule has 4 nitrogen and oxygen atoms in total. The normalized spacial score (nSPS) is 11.3. The van der Waals surface area contributed by atoms with Gasteiger partial charge in [0, 0.05) is 16.1 Å². The second-order valence-electron chi connectivity index (χ2n) is 5.43. The maximum absolute atomic E-state index is 6.07. The first kappa shape index (κ1) is 14.4. The Hall–Kier alpha value is -2.24. The van der Waals surface area contributed by atoms with Gasteiger partial charge in [-0.3, -0.25) is 0 Å². The van der Waals surface area contributed by atoms with Gasteiger partial charge in [-0.2, -0.15) is 9.61 Å². The first-order valence-electron chi connectivity index (χ1n) is 7.17. The van der Waals surface area contributed by atoms with Crippen LogP contribution in [0.3, 0.4) is 0 Å². The van der Waals surface area contributed by atoms with Gasteiger partial charge < -0.3 is 0 Å². The summed E-state index contributed by atoms with van der Waals surface area (Å²) in [7, 11) is 0. The van der Waals surface area contributed by atoms with Crippen molar-refractivity contribution in [2.45, 2.75) is 13.8 Å². The van der Waals surface area contributed by atoms with E-state index in [0.29, 0.717) is 10.8 Å². The minimum Gasteiger partial charge on any atom is -0.182 e. The average Bonchev–Trinajstić information content (AvgIpc) is 3.10. The molecular weight excluding hydrogens is 328 g/mol. The van der Waals surface area contributed by atoms with Crippen molar-refractivity contribution in [3.8, 4) is 22.0 Å². The van der Waals surface area contributed by atoms with Gasteiger partial charge in [0.2, 0.25) is 4.96 Å². The summed E-state index contributed by atoms with van der Waals surface area (Å²) in [4.78, 5) is 0.771. The summed E-state index contributed by atoms with van der Waals surface area (Å²) in [6.07, 6.45) is 0. The molecule has 23 heavy (non-hydrogen) atoms. The molecule has 2 aromatic heterocycles. The first-order valence-corrected chi connectivity index (χ1v) is 8.37. The number of fused-ring (bicyclic) bond motifs is 1. The molecule has 0 aliphatic carbocycles. The van der Waals surface area contributed by atoms with Crippen molar-refractivity contribution in [3.05, 3.63) is 58.6 Å². The predicted molar refractivity (Wildman–Crippen MR) is 94.0 cm³/mol. The zero-order valence-corrected chi connectivity index (χ0v) is 14.2. The van der Waals surface area contributed by atoms with Crippen LogP contribution in [-0.4, -0.2) is 19.8 Å². The van der Waals surface area contributed by atoms with Gasteiger partial charge in [0.25, 0.3) is 0 Å². The standard InChI is InChI=1S/C17H13ClN4S/c1-10-6-7-13(8-11(10)2)16-21-22-15(19-20-17(22)23-16)12-4-3-5-14(18)9-12/h3-9H,1-2H3. The number of aromatic nitrogens is 4. The van der Waals surface area contributed by atoms with Crippen molar-refractivity contribution in [2.24, 2.45) is 0 Å². The van der Waals surface area contributed by atoms with Crippen LogP contribution >= 0.6 is 22.9 Å². The van der Waals surface area contributed by atoms with Crippen molar-refractivity contribution in [2.75, 3.05) is 0 Å².